The normalized spacial score (nSPS) is 10.8. The Morgan fingerprint density at radius 2 is 2.46 bits per heavy atom. The molecule has 2 rings (SSSR count). The highest BCUT2D eigenvalue weighted by Crippen LogP contribution is 2.10. The van der Waals surface area contributed by atoms with Gasteiger partial charge in [0.1, 0.15) is 5.52 Å². The monoisotopic (exact) mass is 197 g/mol. The Morgan fingerprint density at radius 1 is 1.62 bits per heavy atom. The summed E-state index contributed by atoms with van der Waals surface area (Å²) in [7, 11) is 0. The lowest BCUT2D eigenvalue weighted by Gasteiger charge is -1.99. The summed E-state index contributed by atoms with van der Waals surface area (Å²) in [5.74, 6) is 0. The van der Waals surface area contributed by atoms with E-state index < -0.39 is 0 Å². The van der Waals surface area contributed by atoms with E-state index in [1.165, 1.54) is 16.0 Å². The van der Waals surface area contributed by atoms with Crippen molar-refractivity contribution in [1.29, 1.82) is 0 Å². The van der Waals surface area contributed by atoms with Crippen LogP contribution in [0.15, 0.2) is 16.5 Å². The first-order chi connectivity index (χ1) is 6.33. The quantitative estimate of drug-likeness (QED) is 0.726. The van der Waals surface area contributed by atoms with Crippen LogP contribution in [0.4, 0.5) is 0 Å². The molecule has 2 heterocycles. The van der Waals surface area contributed by atoms with Crippen LogP contribution in [-0.2, 0) is 6.54 Å². The average molecular weight is 197 g/mol. The Labute approximate surface area is 77.3 Å². The Hall–Kier alpha value is -1.27. The lowest BCUT2D eigenvalue weighted by molar-refractivity contribution is 0.266. The molecule has 0 atom stereocenters. The second-order valence-corrected chi connectivity index (χ2v) is 3.35. The Morgan fingerprint density at radius 3 is 3.23 bits per heavy atom. The zero-order valence-corrected chi connectivity index (χ0v) is 7.49. The molecule has 0 fully saturated rings. The van der Waals surface area contributed by atoms with Gasteiger partial charge in [-0.25, -0.2) is 9.67 Å². The number of fused-ring (bicyclic) bond motifs is 1. The summed E-state index contributed by atoms with van der Waals surface area (Å²) in [5, 5.41) is 12.5. The standard InChI is InChI=1S/C7H7N3O2S/c11-2-1-10-7(12)6-5(3-9-10)13-4-8-6/h3-4,11H,1-2H2. The molecule has 6 heteroatoms. The molecule has 0 spiro atoms. The Bertz CT molecular complexity index is 476. The van der Waals surface area contributed by atoms with Crippen molar-refractivity contribution < 1.29 is 5.11 Å². The molecule has 2 aromatic heterocycles. The number of hydrogen-bond donors (Lipinski definition) is 1. The number of aliphatic hydroxyl groups is 1. The van der Waals surface area contributed by atoms with Crippen LogP contribution < -0.4 is 5.56 Å². The van der Waals surface area contributed by atoms with Crippen molar-refractivity contribution in [3.8, 4) is 0 Å². The Kier molecular flexibility index (Phi) is 2.07. The maximum absolute atomic E-state index is 11.5. The van der Waals surface area contributed by atoms with Gasteiger partial charge in [0.05, 0.1) is 29.6 Å². The minimum Gasteiger partial charge on any atom is -0.394 e. The minimum atomic E-state index is -0.243. The first-order valence-corrected chi connectivity index (χ1v) is 4.61. The average Bonchev–Trinajstić information content (AvgIpc) is 2.58. The summed E-state index contributed by atoms with van der Waals surface area (Å²) >= 11 is 1.38. The molecule has 68 valence electrons. The van der Waals surface area contributed by atoms with E-state index in [1.54, 1.807) is 11.7 Å². The van der Waals surface area contributed by atoms with Gasteiger partial charge in [-0.1, -0.05) is 0 Å². The molecule has 0 radical (unpaired) electrons. The second kappa shape index (κ2) is 3.23. The van der Waals surface area contributed by atoms with Crippen molar-refractivity contribution in [2.75, 3.05) is 6.61 Å². The van der Waals surface area contributed by atoms with E-state index in [0.717, 1.165) is 4.70 Å². The molecule has 0 aliphatic carbocycles. The fourth-order valence-electron chi connectivity index (χ4n) is 1.06. The molecule has 0 aromatic carbocycles. The third-order valence-electron chi connectivity index (χ3n) is 1.66. The van der Waals surface area contributed by atoms with Gasteiger partial charge in [-0.2, -0.15) is 5.10 Å². The third kappa shape index (κ3) is 1.34. The van der Waals surface area contributed by atoms with Crippen molar-refractivity contribution >= 4 is 21.6 Å². The van der Waals surface area contributed by atoms with Crippen molar-refractivity contribution in [3.05, 3.63) is 22.1 Å². The Balaban J connectivity index is 2.67. The number of nitrogens with zero attached hydrogens (tertiary/aromatic N) is 3. The van der Waals surface area contributed by atoms with Gasteiger partial charge in [0.15, 0.2) is 0 Å². The molecule has 0 amide bonds. The zero-order valence-electron chi connectivity index (χ0n) is 6.67. The van der Waals surface area contributed by atoms with E-state index in [0.29, 0.717) is 5.52 Å². The highest BCUT2D eigenvalue weighted by molar-refractivity contribution is 7.16. The van der Waals surface area contributed by atoms with Crippen LogP contribution in [0.1, 0.15) is 0 Å². The van der Waals surface area contributed by atoms with E-state index in [4.69, 9.17) is 5.11 Å². The van der Waals surface area contributed by atoms with E-state index in [1.807, 2.05) is 0 Å². The number of thiazole rings is 1. The summed E-state index contributed by atoms with van der Waals surface area (Å²) in [6.45, 7) is 0.120. The predicted molar refractivity (Wildman–Crippen MR) is 48.8 cm³/mol. The largest absolute Gasteiger partial charge is 0.394 e. The third-order valence-corrected chi connectivity index (χ3v) is 2.42. The summed E-state index contributed by atoms with van der Waals surface area (Å²) in [6.07, 6.45) is 1.59. The van der Waals surface area contributed by atoms with Gasteiger partial charge >= 0.3 is 0 Å². The molecule has 0 unspecified atom stereocenters. The molecule has 0 saturated carbocycles. The molecular weight excluding hydrogens is 190 g/mol. The van der Waals surface area contributed by atoms with Gasteiger partial charge in [0.2, 0.25) is 0 Å². The van der Waals surface area contributed by atoms with Gasteiger partial charge in [-0.3, -0.25) is 4.79 Å². The fourth-order valence-corrected chi connectivity index (χ4v) is 1.69. The summed E-state index contributed by atoms with van der Waals surface area (Å²) in [4.78, 5) is 15.4. The van der Waals surface area contributed by atoms with Crippen LogP contribution in [0.25, 0.3) is 10.2 Å². The van der Waals surface area contributed by atoms with Gasteiger partial charge in [-0.15, -0.1) is 11.3 Å². The highest BCUT2D eigenvalue weighted by Gasteiger charge is 2.04. The topological polar surface area (TPSA) is 68.0 Å². The second-order valence-electron chi connectivity index (χ2n) is 2.46. The number of hydrogen-bond acceptors (Lipinski definition) is 5. The molecule has 13 heavy (non-hydrogen) atoms. The van der Waals surface area contributed by atoms with E-state index in [2.05, 4.69) is 10.1 Å². The maximum Gasteiger partial charge on any atom is 0.294 e. The van der Waals surface area contributed by atoms with Gasteiger partial charge in [0, 0.05) is 0 Å². The van der Waals surface area contributed by atoms with E-state index >= 15 is 0 Å². The number of rotatable bonds is 2. The minimum absolute atomic E-state index is 0.0947. The predicted octanol–water partition coefficient (Wildman–Crippen LogP) is -0.155. The smallest absolute Gasteiger partial charge is 0.294 e. The van der Waals surface area contributed by atoms with Crippen LogP contribution in [0.3, 0.4) is 0 Å². The first-order valence-electron chi connectivity index (χ1n) is 3.73. The fraction of sp³-hybridized carbons (Fsp3) is 0.286. The maximum atomic E-state index is 11.5. The molecule has 5 nitrogen and oxygen atoms in total. The summed E-state index contributed by atoms with van der Waals surface area (Å²) in [6, 6.07) is 0. The number of aromatic nitrogens is 3. The van der Waals surface area contributed by atoms with Gasteiger partial charge in [0.25, 0.3) is 5.56 Å². The molecular formula is C7H7N3O2S. The highest BCUT2D eigenvalue weighted by atomic mass is 32.1. The molecule has 2 aromatic rings. The van der Waals surface area contributed by atoms with Crippen molar-refractivity contribution in [2.45, 2.75) is 6.54 Å². The lowest BCUT2D eigenvalue weighted by atomic mass is 10.5. The summed E-state index contributed by atoms with van der Waals surface area (Å²) < 4.78 is 1.99. The molecule has 0 bridgehead atoms. The molecule has 0 aliphatic rings. The van der Waals surface area contributed by atoms with Crippen LogP contribution in [0.5, 0.6) is 0 Å². The van der Waals surface area contributed by atoms with Crippen LogP contribution in [0, 0.1) is 0 Å². The van der Waals surface area contributed by atoms with E-state index in [-0.39, 0.29) is 18.7 Å². The summed E-state index contributed by atoms with van der Waals surface area (Å²) in [5.41, 5.74) is 1.79. The zero-order chi connectivity index (χ0) is 9.26. The van der Waals surface area contributed by atoms with Crippen molar-refractivity contribution in [2.24, 2.45) is 0 Å². The van der Waals surface area contributed by atoms with Crippen molar-refractivity contribution in [3.63, 3.8) is 0 Å². The molecule has 0 aliphatic heterocycles. The SMILES string of the molecule is O=c1c2ncsc2cnn1CCO. The molecule has 0 saturated heterocycles. The first kappa shape index (κ1) is 8.33. The lowest BCUT2D eigenvalue weighted by Crippen LogP contribution is -2.24. The number of aliphatic hydroxyl groups excluding tert-OH is 1. The van der Waals surface area contributed by atoms with Crippen LogP contribution >= 0.6 is 11.3 Å². The van der Waals surface area contributed by atoms with Crippen LogP contribution in [0.2, 0.25) is 0 Å². The van der Waals surface area contributed by atoms with Gasteiger partial charge < -0.3 is 5.11 Å². The van der Waals surface area contributed by atoms with Crippen molar-refractivity contribution in [1.82, 2.24) is 14.8 Å². The van der Waals surface area contributed by atoms with Crippen LogP contribution in [-0.4, -0.2) is 26.5 Å². The molecule has 1 N–H and O–H groups in total. The van der Waals surface area contributed by atoms with E-state index in [9.17, 15) is 4.79 Å². The van der Waals surface area contributed by atoms with Gasteiger partial charge in [-0.05, 0) is 0 Å².